The van der Waals surface area contributed by atoms with E-state index in [1.165, 1.54) is 12.8 Å². The number of carbonyl (C=O) groups is 2. The van der Waals surface area contributed by atoms with E-state index < -0.39 is 0 Å². The molecular formula is C28H34N4O3S. The van der Waals surface area contributed by atoms with Gasteiger partial charge >= 0.3 is 5.97 Å². The number of piperidine rings is 1. The Bertz CT molecular complexity index is 1260. The first-order valence-electron chi connectivity index (χ1n) is 13.1. The molecule has 1 atom stereocenters. The molecule has 5 rings (SSSR count). The van der Waals surface area contributed by atoms with E-state index in [4.69, 9.17) is 9.72 Å². The molecule has 0 aromatic carbocycles. The van der Waals surface area contributed by atoms with Crippen LogP contribution >= 0.6 is 11.3 Å². The zero-order chi connectivity index (χ0) is 25.2. The Balaban J connectivity index is 1.44. The quantitative estimate of drug-likeness (QED) is 0.384. The molecule has 1 saturated heterocycles. The lowest BCUT2D eigenvalue weighted by molar-refractivity contribution is -0.149. The van der Waals surface area contributed by atoms with Gasteiger partial charge in [-0.1, -0.05) is 6.92 Å². The van der Waals surface area contributed by atoms with E-state index in [2.05, 4.69) is 27.9 Å². The fraction of sp³-hybridized carbons (Fsp3) is 0.500. The number of carbonyl (C=O) groups excluding carboxylic acids is 2. The average Bonchev–Trinajstić information content (AvgIpc) is 3.49. The molecule has 1 aliphatic heterocycles. The third kappa shape index (κ3) is 5.09. The Morgan fingerprint density at radius 3 is 2.78 bits per heavy atom. The van der Waals surface area contributed by atoms with Crippen molar-refractivity contribution in [3.05, 3.63) is 46.7 Å². The molecule has 1 unspecified atom stereocenters. The van der Waals surface area contributed by atoms with Crippen molar-refractivity contribution >= 4 is 23.2 Å². The van der Waals surface area contributed by atoms with Gasteiger partial charge in [-0.15, -0.1) is 11.3 Å². The highest BCUT2D eigenvalue weighted by Gasteiger charge is 2.32. The van der Waals surface area contributed by atoms with Crippen LogP contribution in [0.15, 0.2) is 29.8 Å². The topological polar surface area (TPSA) is 77.3 Å². The maximum absolute atomic E-state index is 13.7. The number of hydrogen-bond donors (Lipinski definition) is 0. The minimum Gasteiger partial charge on any atom is -0.466 e. The van der Waals surface area contributed by atoms with E-state index in [1.807, 2.05) is 37.1 Å². The van der Waals surface area contributed by atoms with E-state index in [0.29, 0.717) is 31.2 Å². The molecular weight excluding hydrogens is 472 g/mol. The Morgan fingerprint density at radius 1 is 1.19 bits per heavy atom. The summed E-state index contributed by atoms with van der Waals surface area (Å²) in [5.74, 6) is 0.211. The third-order valence-electron chi connectivity index (χ3n) is 7.26. The van der Waals surface area contributed by atoms with Crippen LogP contribution in [0.1, 0.15) is 61.3 Å². The SMILES string of the molecule is CCOC(=O)C1CCCN(C(=O)c2cc(-c3csc(-c4ccnc(CC)c4)n3)n(CC3CC3)c2C)C1. The fourth-order valence-corrected chi connectivity index (χ4v) is 5.79. The zero-order valence-corrected chi connectivity index (χ0v) is 22.1. The molecule has 4 heterocycles. The van der Waals surface area contributed by atoms with Gasteiger partial charge in [-0.3, -0.25) is 14.6 Å². The largest absolute Gasteiger partial charge is 0.466 e. The summed E-state index contributed by atoms with van der Waals surface area (Å²) in [4.78, 5) is 37.2. The summed E-state index contributed by atoms with van der Waals surface area (Å²) in [6.45, 7) is 8.31. The number of ether oxygens (including phenoxy) is 1. The zero-order valence-electron chi connectivity index (χ0n) is 21.3. The van der Waals surface area contributed by atoms with Crippen molar-refractivity contribution in [2.24, 2.45) is 11.8 Å². The number of nitrogens with zero attached hydrogens (tertiary/aromatic N) is 4. The van der Waals surface area contributed by atoms with Crippen molar-refractivity contribution < 1.29 is 14.3 Å². The van der Waals surface area contributed by atoms with Gasteiger partial charge in [0.1, 0.15) is 5.01 Å². The Hall–Kier alpha value is -3.00. The predicted octanol–water partition coefficient (Wildman–Crippen LogP) is 5.37. The Morgan fingerprint density at radius 2 is 2.03 bits per heavy atom. The predicted molar refractivity (Wildman–Crippen MR) is 141 cm³/mol. The number of likely N-dealkylation sites (tertiary alicyclic amines) is 1. The molecule has 1 aliphatic carbocycles. The first-order valence-corrected chi connectivity index (χ1v) is 13.9. The molecule has 1 saturated carbocycles. The maximum Gasteiger partial charge on any atom is 0.310 e. The summed E-state index contributed by atoms with van der Waals surface area (Å²) in [6, 6.07) is 6.11. The van der Waals surface area contributed by atoms with Crippen molar-refractivity contribution in [3.8, 4) is 22.0 Å². The molecule has 3 aromatic heterocycles. The molecule has 190 valence electrons. The molecule has 3 aromatic rings. The molecule has 2 fully saturated rings. The Kier molecular flexibility index (Phi) is 7.23. The van der Waals surface area contributed by atoms with E-state index in [0.717, 1.165) is 59.2 Å². The van der Waals surface area contributed by atoms with Gasteiger partial charge in [0, 0.05) is 48.2 Å². The monoisotopic (exact) mass is 506 g/mol. The van der Waals surface area contributed by atoms with Crippen LogP contribution in [0.2, 0.25) is 0 Å². The van der Waals surface area contributed by atoms with Crippen molar-refractivity contribution in [2.45, 2.75) is 59.4 Å². The van der Waals surface area contributed by atoms with Gasteiger partial charge in [-0.2, -0.15) is 0 Å². The van der Waals surface area contributed by atoms with Crippen LogP contribution in [-0.2, 0) is 22.5 Å². The van der Waals surface area contributed by atoms with E-state index in [9.17, 15) is 9.59 Å². The van der Waals surface area contributed by atoms with Crippen LogP contribution in [0.3, 0.4) is 0 Å². The minimum absolute atomic E-state index is 0.00512. The average molecular weight is 507 g/mol. The van der Waals surface area contributed by atoms with Gasteiger partial charge in [0.15, 0.2) is 0 Å². The maximum atomic E-state index is 13.7. The summed E-state index contributed by atoms with van der Waals surface area (Å²) in [7, 11) is 0. The standard InChI is InChI=1S/C28H34N4O3S/c1-4-22-13-20(10-11-29-22)26-30-24(17-36-26)25-14-23(18(3)32(25)15-19-8-9-19)27(33)31-12-6-7-21(16-31)28(34)35-5-2/h10-11,13-14,17,19,21H,4-9,12,15-16H2,1-3H3. The lowest BCUT2D eigenvalue weighted by Gasteiger charge is -2.31. The first kappa shape index (κ1) is 24.7. The second-order valence-electron chi connectivity index (χ2n) is 9.85. The van der Waals surface area contributed by atoms with Crippen LogP contribution in [0.25, 0.3) is 22.0 Å². The van der Waals surface area contributed by atoms with Crippen LogP contribution in [0.4, 0.5) is 0 Å². The number of amides is 1. The van der Waals surface area contributed by atoms with Crippen molar-refractivity contribution in [2.75, 3.05) is 19.7 Å². The van der Waals surface area contributed by atoms with E-state index >= 15 is 0 Å². The number of aryl methyl sites for hydroxylation is 1. The smallest absolute Gasteiger partial charge is 0.310 e. The van der Waals surface area contributed by atoms with Crippen LogP contribution < -0.4 is 0 Å². The fourth-order valence-electron chi connectivity index (χ4n) is 4.98. The lowest BCUT2D eigenvalue weighted by atomic mass is 9.97. The molecule has 8 heteroatoms. The highest BCUT2D eigenvalue weighted by Crippen LogP contribution is 2.37. The van der Waals surface area contributed by atoms with Crippen molar-refractivity contribution in [3.63, 3.8) is 0 Å². The summed E-state index contributed by atoms with van der Waals surface area (Å²) in [6.07, 6.45) is 6.76. The molecule has 7 nitrogen and oxygen atoms in total. The van der Waals surface area contributed by atoms with Crippen LogP contribution in [0, 0.1) is 18.8 Å². The van der Waals surface area contributed by atoms with Crippen LogP contribution in [0.5, 0.6) is 0 Å². The normalized spacial score (nSPS) is 17.9. The molecule has 1 amide bonds. The molecule has 36 heavy (non-hydrogen) atoms. The number of pyridine rings is 1. The van der Waals surface area contributed by atoms with Gasteiger partial charge in [-0.25, -0.2) is 4.98 Å². The summed E-state index contributed by atoms with van der Waals surface area (Å²) in [5, 5.41) is 3.05. The highest BCUT2D eigenvalue weighted by atomic mass is 32.1. The number of rotatable bonds is 8. The van der Waals surface area contributed by atoms with Crippen LogP contribution in [-0.4, -0.2) is 51.0 Å². The minimum atomic E-state index is -0.245. The second kappa shape index (κ2) is 10.5. The van der Waals surface area contributed by atoms with Gasteiger partial charge in [-0.05, 0) is 70.1 Å². The number of hydrogen-bond acceptors (Lipinski definition) is 6. The highest BCUT2D eigenvalue weighted by molar-refractivity contribution is 7.13. The van der Waals surface area contributed by atoms with E-state index in [1.54, 1.807) is 11.3 Å². The lowest BCUT2D eigenvalue weighted by Crippen LogP contribution is -2.43. The van der Waals surface area contributed by atoms with Gasteiger partial charge < -0.3 is 14.2 Å². The summed E-state index contributed by atoms with van der Waals surface area (Å²) in [5.41, 5.74) is 5.70. The summed E-state index contributed by atoms with van der Waals surface area (Å²) < 4.78 is 7.51. The van der Waals surface area contributed by atoms with Gasteiger partial charge in [0.05, 0.1) is 29.5 Å². The number of aromatic nitrogens is 3. The first-order chi connectivity index (χ1) is 17.5. The molecule has 2 aliphatic rings. The van der Waals surface area contributed by atoms with Crippen molar-refractivity contribution in [1.29, 1.82) is 0 Å². The van der Waals surface area contributed by atoms with Gasteiger partial charge in [0.25, 0.3) is 5.91 Å². The number of esters is 1. The van der Waals surface area contributed by atoms with Gasteiger partial charge in [0.2, 0.25) is 0 Å². The Labute approximate surface area is 216 Å². The molecule has 0 spiro atoms. The molecule has 0 N–H and O–H groups in total. The summed E-state index contributed by atoms with van der Waals surface area (Å²) >= 11 is 1.62. The molecule has 0 bridgehead atoms. The van der Waals surface area contributed by atoms with Crippen molar-refractivity contribution in [1.82, 2.24) is 19.4 Å². The second-order valence-corrected chi connectivity index (χ2v) is 10.7. The third-order valence-corrected chi connectivity index (χ3v) is 8.15. The number of thiazole rings is 1. The molecule has 0 radical (unpaired) electrons. The van der Waals surface area contributed by atoms with E-state index in [-0.39, 0.29) is 17.8 Å².